The van der Waals surface area contributed by atoms with Gasteiger partial charge in [-0.3, -0.25) is 4.84 Å². The predicted octanol–water partition coefficient (Wildman–Crippen LogP) is 1.29. The van der Waals surface area contributed by atoms with Crippen molar-refractivity contribution in [2.45, 2.75) is 19.1 Å². The number of ether oxygens (including phenoxy) is 2. The third kappa shape index (κ3) is 7.25. The zero-order valence-electron chi connectivity index (χ0n) is 11.5. The molecule has 108 valence electrons. The molecule has 0 fully saturated rings. The van der Waals surface area contributed by atoms with Gasteiger partial charge in [0, 0.05) is 13.7 Å². The molecule has 0 aliphatic carbocycles. The fraction of sp³-hybridized carbons (Fsp3) is 0.571. The highest BCUT2D eigenvalue weighted by Gasteiger charge is 2.09. The standard InChI is InChI=1S/C14H23NO4/c1-12(13-6-4-3-5-7-13)18-11-14(16)10-15-19-9-8-17-2/h3-7,12,14-16H,8-11H2,1-2H3. The molecule has 0 spiro atoms. The monoisotopic (exact) mass is 269 g/mol. The van der Waals surface area contributed by atoms with E-state index in [0.717, 1.165) is 5.56 Å². The van der Waals surface area contributed by atoms with Crippen LogP contribution in [0.1, 0.15) is 18.6 Å². The first-order valence-corrected chi connectivity index (χ1v) is 6.42. The maximum absolute atomic E-state index is 9.70. The molecule has 0 aliphatic rings. The molecule has 19 heavy (non-hydrogen) atoms. The molecule has 2 unspecified atom stereocenters. The quantitative estimate of drug-likeness (QED) is 0.495. The highest BCUT2D eigenvalue weighted by molar-refractivity contribution is 5.16. The third-order valence-electron chi connectivity index (χ3n) is 2.62. The first kappa shape index (κ1) is 16.1. The van der Waals surface area contributed by atoms with Gasteiger partial charge in [0.25, 0.3) is 0 Å². The highest BCUT2D eigenvalue weighted by atomic mass is 16.7. The molecule has 0 aliphatic heterocycles. The second kappa shape index (κ2) is 9.89. The average molecular weight is 269 g/mol. The Bertz CT molecular complexity index is 320. The summed E-state index contributed by atoms with van der Waals surface area (Å²) < 4.78 is 10.4. The molecule has 0 radical (unpaired) electrons. The zero-order valence-corrected chi connectivity index (χ0v) is 11.5. The SMILES string of the molecule is COCCONCC(O)COC(C)c1ccccc1. The number of benzene rings is 1. The van der Waals surface area contributed by atoms with Crippen molar-refractivity contribution < 1.29 is 19.4 Å². The molecule has 0 bridgehead atoms. The number of hydroxylamine groups is 1. The molecule has 0 saturated carbocycles. The Hall–Kier alpha value is -0.980. The maximum Gasteiger partial charge on any atom is 0.0921 e. The summed E-state index contributed by atoms with van der Waals surface area (Å²) >= 11 is 0. The molecule has 5 nitrogen and oxygen atoms in total. The van der Waals surface area contributed by atoms with E-state index in [0.29, 0.717) is 19.8 Å². The summed E-state index contributed by atoms with van der Waals surface area (Å²) in [6.07, 6.45) is -0.640. The predicted molar refractivity (Wildman–Crippen MR) is 72.6 cm³/mol. The third-order valence-corrected chi connectivity index (χ3v) is 2.62. The van der Waals surface area contributed by atoms with Gasteiger partial charge >= 0.3 is 0 Å². The van der Waals surface area contributed by atoms with E-state index in [1.807, 2.05) is 37.3 Å². The van der Waals surface area contributed by atoms with Crippen LogP contribution in [0.15, 0.2) is 30.3 Å². The molecule has 5 heteroatoms. The lowest BCUT2D eigenvalue weighted by Gasteiger charge is -2.17. The zero-order chi connectivity index (χ0) is 13.9. The lowest BCUT2D eigenvalue weighted by Crippen LogP contribution is -2.31. The van der Waals surface area contributed by atoms with E-state index in [4.69, 9.17) is 14.3 Å². The normalized spacial score (nSPS) is 14.3. The minimum absolute atomic E-state index is 0.0368. The van der Waals surface area contributed by atoms with E-state index in [1.165, 1.54) is 0 Å². The molecule has 1 aromatic rings. The number of hydrogen-bond donors (Lipinski definition) is 2. The number of nitrogens with one attached hydrogen (secondary N) is 1. The van der Waals surface area contributed by atoms with Crippen molar-refractivity contribution in [3.05, 3.63) is 35.9 Å². The summed E-state index contributed by atoms with van der Waals surface area (Å²) in [5.41, 5.74) is 3.77. The van der Waals surface area contributed by atoms with Gasteiger partial charge in [0.1, 0.15) is 0 Å². The first-order chi connectivity index (χ1) is 9.24. The van der Waals surface area contributed by atoms with Crippen molar-refractivity contribution in [3.8, 4) is 0 Å². The van der Waals surface area contributed by atoms with Gasteiger partial charge < -0.3 is 14.6 Å². The van der Waals surface area contributed by atoms with E-state index in [9.17, 15) is 5.11 Å². The van der Waals surface area contributed by atoms with Gasteiger partial charge in [0.05, 0.1) is 32.0 Å². The summed E-state index contributed by atoms with van der Waals surface area (Å²) in [7, 11) is 1.61. The summed E-state index contributed by atoms with van der Waals surface area (Å²) in [6.45, 7) is 3.52. The summed E-state index contributed by atoms with van der Waals surface area (Å²) in [4.78, 5) is 5.05. The molecular formula is C14H23NO4. The highest BCUT2D eigenvalue weighted by Crippen LogP contribution is 2.15. The van der Waals surface area contributed by atoms with Crippen molar-refractivity contribution >= 4 is 0 Å². The van der Waals surface area contributed by atoms with Crippen LogP contribution in [-0.2, 0) is 14.3 Å². The van der Waals surface area contributed by atoms with Crippen molar-refractivity contribution in [1.82, 2.24) is 5.48 Å². The molecule has 1 rings (SSSR count). The summed E-state index contributed by atoms with van der Waals surface area (Å²) in [5, 5.41) is 9.70. The van der Waals surface area contributed by atoms with Crippen molar-refractivity contribution in [2.75, 3.05) is 33.5 Å². The van der Waals surface area contributed by atoms with Crippen LogP contribution in [0.4, 0.5) is 0 Å². The van der Waals surface area contributed by atoms with E-state index < -0.39 is 6.10 Å². The van der Waals surface area contributed by atoms with Gasteiger partial charge in [-0.05, 0) is 12.5 Å². The van der Waals surface area contributed by atoms with Gasteiger partial charge in [-0.25, -0.2) is 0 Å². The molecular weight excluding hydrogens is 246 g/mol. The second-order valence-electron chi connectivity index (χ2n) is 4.23. The molecule has 2 N–H and O–H groups in total. The Kier molecular flexibility index (Phi) is 8.36. The van der Waals surface area contributed by atoms with Gasteiger partial charge in [0.15, 0.2) is 0 Å². The molecule has 0 aromatic heterocycles. The molecule has 0 saturated heterocycles. The van der Waals surface area contributed by atoms with Gasteiger partial charge in [0.2, 0.25) is 0 Å². The minimum Gasteiger partial charge on any atom is -0.389 e. The lowest BCUT2D eigenvalue weighted by molar-refractivity contribution is -0.0413. The van der Waals surface area contributed by atoms with E-state index in [1.54, 1.807) is 7.11 Å². The number of aliphatic hydroxyl groups is 1. The van der Waals surface area contributed by atoms with Crippen LogP contribution in [0.5, 0.6) is 0 Å². The Morgan fingerprint density at radius 3 is 2.63 bits per heavy atom. The first-order valence-electron chi connectivity index (χ1n) is 6.42. The van der Waals surface area contributed by atoms with Crippen LogP contribution in [0.25, 0.3) is 0 Å². The number of rotatable bonds is 10. The van der Waals surface area contributed by atoms with Crippen LogP contribution in [0.3, 0.4) is 0 Å². The van der Waals surface area contributed by atoms with Gasteiger partial charge in [-0.15, -0.1) is 0 Å². The van der Waals surface area contributed by atoms with Crippen LogP contribution < -0.4 is 5.48 Å². The molecule has 0 amide bonds. The van der Waals surface area contributed by atoms with Crippen molar-refractivity contribution in [2.24, 2.45) is 0 Å². The van der Waals surface area contributed by atoms with Crippen molar-refractivity contribution in [1.29, 1.82) is 0 Å². The average Bonchev–Trinajstić information content (AvgIpc) is 2.45. The number of hydrogen-bond acceptors (Lipinski definition) is 5. The van der Waals surface area contributed by atoms with Gasteiger partial charge in [-0.2, -0.15) is 5.48 Å². The fourth-order valence-electron chi connectivity index (χ4n) is 1.49. The van der Waals surface area contributed by atoms with E-state index >= 15 is 0 Å². The van der Waals surface area contributed by atoms with E-state index in [2.05, 4.69) is 5.48 Å². The minimum atomic E-state index is -0.603. The Morgan fingerprint density at radius 2 is 1.95 bits per heavy atom. The number of aliphatic hydroxyl groups excluding tert-OH is 1. The Labute approximate surface area is 114 Å². The van der Waals surface area contributed by atoms with Crippen LogP contribution in [-0.4, -0.2) is 44.7 Å². The summed E-state index contributed by atoms with van der Waals surface area (Å²) in [5.74, 6) is 0. The Morgan fingerprint density at radius 1 is 1.21 bits per heavy atom. The molecule has 0 heterocycles. The lowest BCUT2D eigenvalue weighted by atomic mass is 10.1. The van der Waals surface area contributed by atoms with Crippen LogP contribution in [0.2, 0.25) is 0 Å². The second-order valence-corrected chi connectivity index (χ2v) is 4.23. The fourth-order valence-corrected chi connectivity index (χ4v) is 1.49. The summed E-state index contributed by atoms with van der Waals surface area (Å²) in [6, 6.07) is 9.91. The Balaban J connectivity index is 2.11. The van der Waals surface area contributed by atoms with E-state index in [-0.39, 0.29) is 12.7 Å². The maximum atomic E-state index is 9.70. The molecule has 2 atom stereocenters. The topological polar surface area (TPSA) is 60.0 Å². The largest absolute Gasteiger partial charge is 0.389 e. The van der Waals surface area contributed by atoms with Crippen molar-refractivity contribution in [3.63, 3.8) is 0 Å². The van der Waals surface area contributed by atoms with Crippen LogP contribution >= 0.6 is 0 Å². The molecule has 1 aromatic carbocycles. The number of methoxy groups -OCH3 is 1. The van der Waals surface area contributed by atoms with Crippen LogP contribution in [0, 0.1) is 0 Å². The smallest absolute Gasteiger partial charge is 0.0921 e. The van der Waals surface area contributed by atoms with Gasteiger partial charge in [-0.1, -0.05) is 30.3 Å².